The van der Waals surface area contributed by atoms with E-state index in [1.54, 1.807) is 14.2 Å². The Morgan fingerprint density at radius 2 is 1.89 bits per heavy atom. The van der Waals surface area contributed by atoms with E-state index in [1.807, 2.05) is 36.7 Å². The molecule has 2 N–H and O–H groups in total. The Morgan fingerprint density at radius 1 is 1.14 bits per heavy atom. The van der Waals surface area contributed by atoms with Crippen LogP contribution in [0.4, 0.5) is 5.69 Å². The van der Waals surface area contributed by atoms with Crippen LogP contribution in [0.1, 0.15) is 43.8 Å². The normalized spacial score (nSPS) is 15.4. The maximum Gasteiger partial charge on any atom is 0.196 e. The minimum atomic E-state index is 0.432. The van der Waals surface area contributed by atoms with Gasteiger partial charge in [-0.2, -0.15) is 0 Å². The van der Waals surface area contributed by atoms with Crippen LogP contribution < -0.4 is 20.1 Å². The molecule has 8 nitrogen and oxygen atoms in total. The topological polar surface area (TPSA) is 85.6 Å². The number of nitrogens with zero attached hydrogens (tertiary/aromatic N) is 4. The van der Waals surface area contributed by atoms with Gasteiger partial charge < -0.3 is 24.7 Å². The van der Waals surface area contributed by atoms with E-state index in [4.69, 9.17) is 14.5 Å². The Kier molecular flexibility index (Phi) is 6.73. The number of aromatic nitrogens is 3. The first-order chi connectivity index (χ1) is 13.6. The molecule has 2 aromatic rings. The fraction of sp³-hybridized carbons (Fsp3) is 0.550. The number of methoxy groups -OCH3 is 2. The van der Waals surface area contributed by atoms with Crippen LogP contribution in [0.2, 0.25) is 0 Å². The molecule has 0 radical (unpaired) electrons. The molecule has 1 aliphatic rings. The van der Waals surface area contributed by atoms with E-state index in [-0.39, 0.29) is 0 Å². The molecule has 1 saturated carbocycles. The molecule has 1 aliphatic carbocycles. The number of rotatable bonds is 6. The van der Waals surface area contributed by atoms with Crippen molar-refractivity contribution in [2.24, 2.45) is 12.0 Å². The van der Waals surface area contributed by atoms with Crippen molar-refractivity contribution in [1.82, 2.24) is 20.1 Å². The van der Waals surface area contributed by atoms with Crippen molar-refractivity contribution in [3.63, 3.8) is 0 Å². The van der Waals surface area contributed by atoms with E-state index >= 15 is 0 Å². The number of anilines is 1. The number of nitrogens with one attached hydrogen (secondary N) is 2. The van der Waals surface area contributed by atoms with E-state index in [1.165, 1.54) is 19.3 Å². The van der Waals surface area contributed by atoms with Crippen molar-refractivity contribution < 1.29 is 9.47 Å². The molecular weight excluding hydrogens is 356 g/mol. The first kappa shape index (κ1) is 20.0. The van der Waals surface area contributed by atoms with Gasteiger partial charge in [0.15, 0.2) is 23.3 Å². The Bertz CT molecular complexity index is 811. The van der Waals surface area contributed by atoms with Crippen LogP contribution in [-0.2, 0) is 13.6 Å². The van der Waals surface area contributed by atoms with Crippen molar-refractivity contribution in [2.75, 3.05) is 19.5 Å². The molecule has 1 fully saturated rings. The lowest BCUT2D eigenvalue weighted by molar-refractivity contribution is 0.355. The van der Waals surface area contributed by atoms with Gasteiger partial charge in [-0.15, -0.1) is 10.2 Å². The Morgan fingerprint density at radius 3 is 2.54 bits per heavy atom. The molecule has 152 valence electrons. The molecule has 8 heteroatoms. The summed E-state index contributed by atoms with van der Waals surface area (Å²) in [6.07, 6.45) is 6.14. The lowest BCUT2D eigenvalue weighted by atomic mass is 9.96. The van der Waals surface area contributed by atoms with Gasteiger partial charge in [-0.25, -0.2) is 4.99 Å². The van der Waals surface area contributed by atoms with Crippen LogP contribution in [0.3, 0.4) is 0 Å². The monoisotopic (exact) mass is 386 g/mol. The molecule has 0 unspecified atom stereocenters. The molecule has 0 saturated heterocycles. The number of hydrogen-bond donors (Lipinski definition) is 2. The first-order valence-electron chi connectivity index (χ1n) is 9.75. The highest BCUT2D eigenvalue weighted by Crippen LogP contribution is 2.29. The number of ether oxygens (including phenoxy) is 2. The van der Waals surface area contributed by atoms with Crippen LogP contribution in [0, 0.1) is 6.92 Å². The molecule has 3 rings (SSSR count). The highest BCUT2D eigenvalue weighted by molar-refractivity contribution is 5.94. The van der Waals surface area contributed by atoms with Crippen LogP contribution in [0.25, 0.3) is 0 Å². The van der Waals surface area contributed by atoms with Crippen molar-refractivity contribution in [3.05, 3.63) is 29.8 Å². The Balaban J connectivity index is 1.78. The summed E-state index contributed by atoms with van der Waals surface area (Å²) in [5.74, 6) is 3.81. The van der Waals surface area contributed by atoms with Gasteiger partial charge in [-0.05, 0) is 31.9 Å². The van der Waals surface area contributed by atoms with Gasteiger partial charge in [-0.3, -0.25) is 0 Å². The number of guanidine groups is 1. The van der Waals surface area contributed by atoms with Crippen LogP contribution in [0.15, 0.2) is 23.2 Å². The lowest BCUT2D eigenvalue weighted by Gasteiger charge is -2.25. The van der Waals surface area contributed by atoms with Gasteiger partial charge in [0.05, 0.1) is 14.2 Å². The molecule has 1 aromatic heterocycles. The zero-order valence-corrected chi connectivity index (χ0v) is 17.2. The van der Waals surface area contributed by atoms with Crippen LogP contribution in [-0.4, -0.2) is 41.0 Å². The third-order valence-corrected chi connectivity index (χ3v) is 5.15. The summed E-state index contributed by atoms with van der Waals surface area (Å²) >= 11 is 0. The average molecular weight is 387 g/mol. The maximum atomic E-state index is 5.41. The summed E-state index contributed by atoms with van der Waals surface area (Å²) in [6, 6.07) is 6.17. The maximum absolute atomic E-state index is 5.41. The van der Waals surface area contributed by atoms with Gasteiger partial charge in [-0.1, -0.05) is 19.3 Å². The SMILES string of the molecule is COc1ccc(NC(=NCc2nnc(C)n2C)NC2CCCCC2)cc1OC. The quantitative estimate of drug-likeness (QED) is 0.586. The van der Waals surface area contributed by atoms with Crippen molar-refractivity contribution in [1.29, 1.82) is 0 Å². The zero-order chi connectivity index (χ0) is 19.9. The zero-order valence-electron chi connectivity index (χ0n) is 17.2. The molecule has 0 atom stereocenters. The van der Waals surface area contributed by atoms with Crippen LogP contribution in [0.5, 0.6) is 11.5 Å². The summed E-state index contributed by atoms with van der Waals surface area (Å²) in [4.78, 5) is 4.75. The van der Waals surface area contributed by atoms with Crippen molar-refractivity contribution in [3.8, 4) is 11.5 Å². The minimum Gasteiger partial charge on any atom is -0.493 e. The second-order valence-corrected chi connectivity index (χ2v) is 7.06. The van der Waals surface area contributed by atoms with Gasteiger partial charge >= 0.3 is 0 Å². The number of aliphatic imine (C=N–C) groups is 1. The highest BCUT2D eigenvalue weighted by Gasteiger charge is 2.16. The van der Waals surface area contributed by atoms with E-state index in [2.05, 4.69) is 20.8 Å². The molecule has 28 heavy (non-hydrogen) atoms. The van der Waals surface area contributed by atoms with E-state index in [0.717, 1.165) is 36.1 Å². The largest absolute Gasteiger partial charge is 0.493 e. The summed E-state index contributed by atoms with van der Waals surface area (Å²) in [6.45, 7) is 2.38. The first-order valence-corrected chi connectivity index (χ1v) is 9.75. The fourth-order valence-electron chi connectivity index (χ4n) is 3.35. The Labute approximate surface area is 166 Å². The Hall–Kier alpha value is -2.77. The lowest BCUT2D eigenvalue weighted by Crippen LogP contribution is -2.40. The standard InChI is InChI=1S/C20H30N6O2/c1-14-24-25-19(26(14)2)13-21-20(22-15-8-6-5-7-9-15)23-16-10-11-17(27-3)18(12-16)28-4/h10-12,15H,5-9,13H2,1-4H3,(H2,21,22,23). The predicted octanol–water partition coefficient (Wildman–Crippen LogP) is 3.03. The second kappa shape index (κ2) is 9.43. The molecule has 1 heterocycles. The number of aryl methyl sites for hydroxylation is 1. The van der Waals surface area contributed by atoms with Crippen molar-refractivity contribution >= 4 is 11.6 Å². The smallest absolute Gasteiger partial charge is 0.196 e. The van der Waals surface area contributed by atoms with E-state index in [0.29, 0.717) is 24.1 Å². The number of hydrogen-bond acceptors (Lipinski definition) is 5. The molecule has 0 aliphatic heterocycles. The molecule has 0 amide bonds. The third-order valence-electron chi connectivity index (χ3n) is 5.15. The van der Waals surface area contributed by atoms with Gasteiger partial charge in [0.2, 0.25) is 0 Å². The average Bonchev–Trinajstić information content (AvgIpc) is 3.04. The summed E-state index contributed by atoms with van der Waals surface area (Å²) in [5.41, 5.74) is 0.883. The third kappa shape index (κ3) is 4.94. The molecule has 1 aromatic carbocycles. The second-order valence-electron chi connectivity index (χ2n) is 7.06. The fourth-order valence-corrected chi connectivity index (χ4v) is 3.35. The molecular formula is C20H30N6O2. The summed E-state index contributed by atoms with van der Waals surface area (Å²) < 4.78 is 12.7. The van der Waals surface area contributed by atoms with Crippen LogP contribution >= 0.6 is 0 Å². The van der Waals surface area contributed by atoms with Gasteiger partial charge in [0, 0.05) is 24.8 Å². The van der Waals surface area contributed by atoms with Gasteiger partial charge in [0.25, 0.3) is 0 Å². The summed E-state index contributed by atoms with van der Waals surface area (Å²) in [7, 11) is 5.22. The van der Waals surface area contributed by atoms with Crippen molar-refractivity contribution in [2.45, 2.75) is 51.6 Å². The van der Waals surface area contributed by atoms with E-state index in [9.17, 15) is 0 Å². The molecule has 0 spiro atoms. The minimum absolute atomic E-state index is 0.432. The predicted molar refractivity (Wildman–Crippen MR) is 110 cm³/mol. The molecule has 0 bridgehead atoms. The van der Waals surface area contributed by atoms with E-state index < -0.39 is 0 Å². The van der Waals surface area contributed by atoms with Gasteiger partial charge in [0.1, 0.15) is 12.4 Å². The highest BCUT2D eigenvalue weighted by atomic mass is 16.5. The summed E-state index contributed by atoms with van der Waals surface area (Å²) in [5, 5.41) is 15.3. The number of benzene rings is 1.